The van der Waals surface area contributed by atoms with Crippen molar-refractivity contribution >= 4 is 7.92 Å². The Morgan fingerprint density at radius 1 is 0.704 bits per heavy atom. The lowest BCUT2D eigenvalue weighted by molar-refractivity contribution is -0.000573. The highest BCUT2D eigenvalue weighted by Gasteiger charge is 2.66. The van der Waals surface area contributed by atoms with Crippen molar-refractivity contribution in [3.8, 4) is 0 Å². The van der Waals surface area contributed by atoms with Gasteiger partial charge in [-0.05, 0) is 124 Å². The van der Waals surface area contributed by atoms with Gasteiger partial charge in [-0.1, -0.05) is 21.3 Å². The molecule has 27 heavy (non-hydrogen) atoms. The summed E-state index contributed by atoms with van der Waals surface area (Å²) in [5, 5.41) is 1.29. The van der Waals surface area contributed by atoms with Crippen LogP contribution in [0.3, 0.4) is 0 Å². The van der Waals surface area contributed by atoms with E-state index in [1.165, 1.54) is 70.4 Å². The highest BCUT2D eigenvalue weighted by Crippen LogP contribution is 2.79. The average Bonchev–Trinajstić information content (AvgIpc) is 2.49. The molecule has 0 amide bonds. The number of hydrogen-bond acceptors (Lipinski definition) is 2. The van der Waals surface area contributed by atoms with Crippen molar-refractivity contribution in [2.24, 2.45) is 35.1 Å². The predicted octanol–water partition coefficient (Wildman–Crippen LogP) is 5.37. The molecule has 0 aromatic rings. The molecule has 8 aliphatic carbocycles. The molecule has 8 bridgehead atoms. The Hall–Kier alpha value is 0.350. The highest BCUT2D eigenvalue weighted by atomic mass is 31.1. The third-order valence-corrected chi connectivity index (χ3v) is 14.1. The van der Waals surface area contributed by atoms with Gasteiger partial charge in [-0.15, -0.1) is 0 Å². The van der Waals surface area contributed by atoms with Crippen LogP contribution >= 0.6 is 7.92 Å². The molecule has 0 spiro atoms. The molecule has 8 fully saturated rings. The lowest BCUT2D eigenvalue weighted by Gasteiger charge is -2.70. The van der Waals surface area contributed by atoms with Crippen LogP contribution in [-0.2, 0) is 0 Å². The predicted molar refractivity (Wildman–Crippen MR) is 115 cm³/mol. The zero-order valence-corrected chi connectivity index (χ0v) is 18.4. The van der Waals surface area contributed by atoms with E-state index in [2.05, 4.69) is 6.92 Å². The SMILES string of the molecule is CCCCP(C12CC3CC(CC(N)(C3)C1)C2)C12CC3CC(CC(N)(C3)C1)C2. The van der Waals surface area contributed by atoms with Gasteiger partial charge in [-0.2, -0.15) is 0 Å². The average molecular weight is 389 g/mol. The molecule has 4 unspecified atom stereocenters. The molecule has 0 saturated heterocycles. The molecular formula is C24H41N2P. The molecule has 0 aromatic heterocycles. The van der Waals surface area contributed by atoms with Crippen molar-refractivity contribution in [1.29, 1.82) is 0 Å². The van der Waals surface area contributed by atoms with Crippen molar-refractivity contribution in [2.75, 3.05) is 6.16 Å². The Morgan fingerprint density at radius 3 is 1.44 bits per heavy atom. The van der Waals surface area contributed by atoms with E-state index < -0.39 is 0 Å². The summed E-state index contributed by atoms with van der Waals surface area (Å²) in [5.74, 6) is 3.85. The Bertz CT molecular complexity index is 552. The molecule has 4 N–H and O–H groups in total. The van der Waals surface area contributed by atoms with Crippen LogP contribution in [0.5, 0.6) is 0 Å². The van der Waals surface area contributed by atoms with Gasteiger partial charge in [0.2, 0.25) is 0 Å². The van der Waals surface area contributed by atoms with Crippen LogP contribution in [0.1, 0.15) is 96.8 Å². The molecule has 152 valence electrons. The molecule has 8 saturated carbocycles. The maximum Gasteiger partial charge on any atom is 0.0168 e. The minimum atomic E-state index is 0.0616. The molecule has 0 heterocycles. The van der Waals surface area contributed by atoms with Crippen molar-refractivity contribution in [3.63, 3.8) is 0 Å². The molecular weight excluding hydrogens is 347 g/mol. The van der Waals surface area contributed by atoms with Gasteiger partial charge in [0.15, 0.2) is 0 Å². The first-order chi connectivity index (χ1) is 12.8. The van der Waals surface area contributed by atoms with Gasteiger partial charge in [0.25, 0.3) is 0 Å². The Balaban J connectivity index is 1.40. The smallest absolute Gasteiger partial charge is 0.0168 e. The third-order valence-electron chi connectivity index (χ3n) is 10.0. The van der Waals surface area contributed by atoms with E-state index in [0.717, 1.165) is 23.7 Å². The van der Waals surface area contributed by atoms with Crippen molar-refractivity contribution < 1.29 is 0 Å². The van der Waals surface area contributed by atoms with Crippen molar-refractivity contribution in [1.82, 2.24) is 0 Å². The van der Waals surface area contributed by atoms with Crippen LogP contribution in [0.15, 0.2) is 0 Å². The largest absolute Gasteiger partial charge is 0.325 e. The van der Waals surface area contributed by atoms with Crippen LogP contribution in [0, 0.1) is 23.7 Å². The minimum absolute atomic E-state index is 0.0616. The molecule has 0 aliphatic heterocycles. The zero-order valence-electron chi connectivity index (χ0n) is 17.5. The maximum absolute atomic E-state index is 7.08. The second-order valence-corrected chi connectivity index (χ2v) is 15.8. The van der Waals surface area contributed by atoms with E-state index in [0.29, 0.717) is 10.3 Å². The summed E-state index contributed by atoms with van der Waals surface area (Å²) in [6, 6.07) is 0. The van der Waals surface area contributed by atoms with Crippen LogP contribution in [0.25, 0.3) is 0 Å². The Labute approximate surface area is 167 Å². The van der Waals surface area contributed by atoms with Gasteiger partial charge in [0.05, 0.1) is 0 Å². The molecule has 3 heteroatoms. The normalized spacial score (nSPS) is 58.8. The lowest BCUT2D eigenvalue weighted by Crippen LogP contribution is -2.67. The van der Waals surface area contributed by atoms with E-state index in [4.69, 9.17) is 11.5 Å². The summed E-state index contributed by atoms with van der Waals surface area (Å²) in [5.41, 5.74) is 14.6. The molecule has 2 nitrogen and oxygen atoms in total. The monoisotopic (exact) mass is 388 g/mol. The molecule has 0 radical (unpaired) electrons. The van der Waals surface area contributed by atoms with Gasteiger partial charge in [0.1, 0.15) is 0 Å². The fourth-order valence-electron chi connectivity index (χ4n) is 10.5. The number of hydrogen-bond donors (Lipinski definition) is 2. The fraction of sp³-hybridized carbons (Fsp3) is 1.00. The van der Waals surface area contributed by atoms with Gasteiger partial charge in [-0.3, -0.25) is 0 Å². The van der Waals surface area contributed by atoms with Gasteiger partial charge in [-0.25, -0.2) is 0 Å². The lowest BCUT2D eigenvalue weighted by atomic mass is 9.52. The second-order valence-electron chi connectivity index (χ2n) is 12.6. The quantitative estimate of drug-likeness (QED) is 0.622. The van der Waals surface area contributed by atoms with Crippen molar-refractivity contribution in [2.45, 2.75) is 118 Å². The van der Waals surface area contributed by atoms with E-state index in [1.54, 1.807) is 25.7 Å². The fourth-order valence-corrected chi connectivity index (χ4v) is 16.0. The van der Waals surface area contributed by atoms with E-state index in [1.807, 2.05) is 0 Å². The Kier molecular flexibility index (Phi) is 3.85. The summed E-state index contributed by atoms with van der Waals surface area (Å²) < 4.78 is 0. The van der Waals surface area contributed by atoms with Crippen LogP contribution in [-0.4, -0.2) is 27.6 Å². The van der Waals surface area contributed by atoms with Gasteiger partial charge < -0.3 is 11.5 Å². The second kappa shape index (κ2) is 5.73. The standard InChI is InChI=1S/C24H41N2P/c1-2-3-4-27(23-11-17-5-18(12-23)8-21(25,7-17)15-23)24-13-19-6-20(14-24)10-22(26,9-19)16-24/h17-20H,2-16,25-26H2,1H3. The van der Waals surface area contributed by atoms with Crippen molar-refractivity contribution in [3.05, 3.63) is 0 Å². The van der Waals surface area contributed by atoms with E-state index in [9.17, 15) is 0 Å². The number of rotatable bonds is 5. The van der Waals surface area contributed by atoms with Crippen LogP contribution in [0.4, 0.5) is 0 Å². The Morgan fingerprint density at radius 2 is 1.11 bits per heavy atom. The summed E-state index contributed by atoms with van der Waals surface area (Å²) in [6.45, 7) is 2.40. The van der Waals surface area contributed by atoms with Crippen LogP contribution < -0.4 is 11.5 Å². The first-order valence-corrected chi connectivity index (χ1v) is 13.7. The molecule has 8 rings (SSSR count). The minimum Gasteiger partial charge on any atom is -0.325 e. The van der Waals surface area contributed by atoms with E-state index in [-0.39, 0.29) is 19.0 Å². The summed E-state index contributed by atoms with van der Waals surface area (Å²) in [7, 11) is 0.0616. The first-order valence-electron chi connectivity index (χ1n) is 12.2. The summed E-state index contributed by atoms with van der Waals surface area (Å²) in [4.78, 5) is 0. The van der Waals surface area contributed by atoms with Gasteiger partial charge in [0, 0.05) is 11.1 Å². The zero-order chi connectivity index (χ0) is 18.5. The third kappa shape index (κ3) is 2.68. The van der Waals surface area contributed by atoms with Gasteiger partial charge >= 0.3 is 0 Å². The van der Waals surface area contributed by atoms with Crippen LogP contribution in [0.2, 0.25) is 0 Å². The molecule has 4 atom stereocenters. The van der Waals surface area contributed by atoms with E-state index >= 15 is 0 Å². The number of nitrogens with two attached hydrogens (primary N) is 2. The summed E-state index contributed by atoms with van der Waals surface area (Å²) >= 11 is 0. The summed E-state index contributed by atoms with van der Waals surface area (Å²) in [6.07, 6.45) is 21.7. The topological polar surface area (TPSA) is 52.0 Å². The molecule has 0 aromatic carbocycles. The molecule has 8 aliphatic rings. The number of unbranched alkanes of at least 4 members (excludes halogenated alkanes) is 1. The first kappa shape index (κ1) is 18.1. The maximum atomic E-state index is 7.08. The highest BCUT2D eigenvalue weighted by molar-refractivity contribution is 7.61.